The van der Waals surface area contributed by atoms with Crippen LogP contribution < -0.4 is 10.1 Å². The minimum Gasteiger partial charge on any atom is -0.497 e. The van der Waals surface area contributed by atoms with Crippen molar-refractivity contribution in [1.82, 2.24) is 0 Å². The Hall–Kier alpha value is -2.79. The van der Waals surface area contributed by atoms with E-state index in [0.717, 1.165) is 27.4 Å². The van der Waals surface area contributed by atoms with Gasteiger partial charge in [-0.15, -0.1) is 11.3 Å². The van der Waals surface area contributed by atoms with Crippen LogP contribution in [0.4, 0.5) is 11.4 Å². The van der Waals surface area contributed by atoms with Crippen molar-refractivity contribution < 1.29 is 14.6 Å². The lowest BCUT2D eigenvalue weighted by Gasteiger charge is -2.08. The Morgan fingerprint density at radius 2 is 1.88 bits per heavy atom. The van der Waals surface area contributed by atoms with E-state index in [1.807, 2.05) is 61.5 Å². The molecule has 0 aliphatic heterocycles. The first-order chi connectivity index (χ1) is 11.6. The molecule has 0 bridgehead atoms. The van der Waals surface area contributed by atoms with Gasteiger partial charge in [-0.1, -0.05) is 30.3 Å². The quantitative estimate of drug-likeness (QED) is 0.673. The average molecular weight is 339 g/mol. The van der Waals surface area contributed by atoms with E-state index in [2.05, 4.69) is 5.32 Å². The predicted octanol–water partition coefficient (Wildman–Crippen LogP) is 5.17. The predicted molar refractivity (Wildman–Crippen MR) is 97.7 cm³/mol. The zero-order valence-corrected chi connectivity index (χ0v) is 14.2. The molecule has 24 heavy (non-hydrogen) atoms. The maximum Gasteiger partial charge on any atom is 0.348 e. The van der Waals surface area contributed by atoms with Crippen LogP contribution in [-0.4, -0.2) is 18.2 Å². The number of ether oxygens (including phenoxy) is 1. The van der Waals surface area contributed by atoms with Gasteiger partial charge in [-0.3, -0.25) is 0 Å². The van der Waals surface area contributed by atoms with E-state index in [9.17, 15) is 9.90 Å². The standard InChI is InChI=1S/C19H17NO3S/c1-12-6-3-4-9-15(12)20-16-11-17(24-18(16)19(21)22)13-7-5-8-14(10-13)23-2/h3-11,20H,1-2H3,(H,21,22). The summed E-state index contributed by atoms with van der Waals surface area (Å²) in [6.07, 6.45) is 0. The molecule has 0 amide bonds. The Kier molecular flexibility index (Phi) is 4.53. The lowest BCUT2D eigenvalue weighted by atomic mass is 10.1. The summed E-state index contributed by atoms with van der Waals surface area (Å²) < 4.78 is 5.24. The molecule has 0 aliphatic rings. The van der Waals surface area contributed by atoms with Crippen LogP contribution in [0.15, 0.2) is 54.6 Å². The van der Waals surface area contributed by atoms with E-state index in [4.69, 9.17) is 4.74 Å². The fraction of sp³-hybridized carbons (Fsp3) is 0.105. The number of carbonyl (C=O) groups is 1. The maximum absolute atomic E-state index is 11.6. The van der Waals surface area contributed by atoms with Gasteiger partial charge < -0.3 is 15.2 Å². The summed E-state index contributed by atoms with van der Waals surface area (Å²) >= 11 is 1.25. The molecule has 4 nitrogen and oxygen atoms in total. The number of nitrogens with one attached hydrogen (secondary N) is 1. The zero-order valence-electron chi connectivity index (χ0n) is 13.4. The average Bonchev–Trinajstić information content (AvgIpc) is 3.01. The second-order valence-corrected chi connectivity index (χ2v) is 6.38. The van der Waals surface area contributed by atoms with Gasteiger partial charge in [0.15, 0.2) is 0 Å². The van der Waals surface area contributed by atoms with Gasteiger partial charge in [0.1, 0.15) is 10.6 Å². The molecule has 3 aromatic rings. The molecule has 0 unspecified atom stereocenters. The summed E-state index contributed by atoms with van der Waals surface area (Å²) in [5.41, 5.74) is 3.48. The Bertz CT molecular complexity index is 886. The van der Waals surface area contributed by atoms with Gasteiger partial charge in [0.05, 0.1) is 12.8 Å². The minimum atomic E-state index is -0.940. The molecule has 1 aromatic heterocycles. The molecule has 0 atom stereocenters. The topological polar surface area (TPSA) is 58.6 Å². The first kappa shape index (κ1) is 16.1. The van der Waals surface area contributed by atoms with E-state index in [1.54, 1.807) is 7.11 Å². The normalized spacial score (nSPS) is 10.4. The van der Waals surface area contributed by atoms with Crippen LogP contribution in [0.5, 0.6) is 5.75 Å². The third kappa shape index (κ3) is 3.26. The van der Waals surface area contributed by atoms with E-state index >= 15 is 0 Å². The van der Waals surface area contributed by atoms with Crippen molar-refractivity contribution in [2.45, 2.75) is 6.92 Å². The molecule has 1 heterocycles. The molecule has 2 aromatic carbocycles. The van der Waals surface area contributed by atoms with Crippen molar-refractivity contribution in [3.8, 4) is 16.2 Å². The van der Waals surface area contributed by atoms with Gasteiger partial charge in [0.25, 0.3) is 0 Å². The Morgan fingerprint density at radius 1 is 1.08 bits per heavy atom. The highest BCUT2D eigenvalue weighted by Crippen LogP contribution is 2.37. The number of hydrogen-bond acceptors (Lipinski definition) is 4. The molecular formula is C19H17NO3S. The number of aromatic carboxylic acids is 1. The van der Waals surface area contributed by atoms with Crippen LogP contribution in [0.3, 0.4) is 0 Å². The van der Waals surface area contributed by atoms with Crippen LogP contribution in [0.25, 0.3) is 10.4 Å². The first-order valence-corrected chi connectivity index (χ1v) is 8.24. The zero-order chi connectivity index (χ0) is 17.1. The van der Waals surface area contributed by atoms with Gasteiger partial charge in [0, 0.05) is 10.6 Å². The first-order valence-electron chi connectivity index (χ1n) is 7.42. The lowest BCUT2D eigenvalue weighted by molar-refractivity contribution is 0.0703. The van der Waals surface area contributed by atoms with Crippen molar-refractivity contribution in [3.63, 3.8) is 0 Å². The van der Waals surface area contributed by atoms with Crippen LogP contribution in [-0.2, 0) is 0 Å². The Morgan fingerprint density at radius 3 is 2.58 bits per heavy atom. The largest absolute Gasteiger partial charge is 0.497 e. The number of para-hydroxylation sites is 1. The van der Waals surface area contributed by atoms with Gasteiger partial charge in [0.2, 0.25) is 0 Å². The highest BCUT2D eigenvalue weighted by atomic mass is 32.1. The second kappa shape index (κ2) is 6.76. The highest BCUT2D eigenvalue weighted by molar-refractivity contribution is 7.18. The highest BCUT2D eigenvalue weighted by Gasteiger charge is 2.17. The molecule has 0 radical (unpaired) electrons. The van der Waals surface area contributed by atoms with Crippen LogP contribution in [0.1, 0.15) is 15.2 Å². The van der Waals surface area contributed by atoms with Gasteiger partial charge >= 0.3 is 5.97 Å². The summed E-state index contributed by atoms with van der Waals surface area (Å²) in [4.78, 5) is 12.8. The Labute approximate surface area is 144 Å². The van der Waals surface area contributed by atoms with Crippen LogP contribution in [0.2, 0.25) is 0 Å². The van der Waals surface area contributed by atoms with Crippen molar-refractivity contribution in [2.75, 3.05) is 12.4 Å². The Balaban J connectivity index is 2.02. The van der Waals surface area contributed by atoms with E-state index < -0.39 is 5.97 Å². The van der Waals surface area contributed by atoms with Gasteiger partial charge in [-0.05, 0) is 42.3 Å². The van der Waals surface area contributed by atoms with Gasteiger partial charge in [-0.2, -0.15) is 0 Å². The van der Waals surface area contributed by atoms with Crippen LogP contribution in [0, 0.1) is 6.92 Å². The summed E-state index contributed by atoms with van der Waals surface area (Å²) in [5.74, 6) is -0.198. The van der Waals surface area contributed by atoms with E-state index in [-0.39, 0.29) is 4.88 Å². The fourth-order valence-electron chi connectivity index (χ4n) is 2.42. The number of carboxylic acid groups (broad SMARTS) is 1. The lowest BCUT2D eigenvalue weighted by Crippen LogP contribution is -1.99. The number of hydrogen-bond donors (Lipinski definition) is 2. The number of benzene rings is 2. The number of thiophene rings is 1. The molecular weight excluding hydrogens is 322 g/mol. The summed E-state index contributed by atoms with van der Waals surface area (Å²) in [6.45, 7) is 1.98. The number of aryl methyl sites for hydroxylation is 1. The summed E-state index contributed by atoms with van der Waals surface area (Å²) in [7, 11) is 1.61. The van der Waals surface area contributed by atoms with E-state index in [0.29, 0.717) is 5.69 Å². The molecule has 2 N–H and O–H groups in total. The number of rotatable bonds is 5. The minimum absolute atomic E-state index is 0.288. The monoisotopic (exact) mass is 339 g/mol. The molecule has 0 spiro atoms. The van der Waals surface area contributed by atoms with Crippen molar-refractivity contribution in [2.24, 2.45) is 0 Å². The summed E-state index contributed by atoms with van der Waals surface area (Å²) in [6, 6.07) is 17.3. The molecule has 3 rings (SSSR count). The smallest absolute Gasteiger partial charge is 0.348 e. The van der Waals surface area contributed by atoms with Crippen molar-refractivity contribution in [1.29, 1.82) is 0 Å². The fourth-order valence-corrected chi connectivity index (χ4v) is 3.37. The second-order valence-electron chi connectivity index (χ2n) is 5.33. The molecule has 0 saturated heterocycles. The van der Waals surface area contributed by atoms with Crippen molar-refractivity contribution >= 4 is 28.7 Å². The van der Waals surface area contributed by atoms with Crippen LogP contribution >= 0.6 is 11.3 Å². The van der Waals surface area contributed by atoms with Crippen molar-refractivity contribution in [3.05, 3.63) is 65.0 Å². The molecule has 5 heteroatoms. The molecule has 0 fully saturated rings. The van der Waals surface area contributed by atoms with E-state index in [1.165, 1.54) is 11.3 Å². The number of anilines is 2. The number of methoxy groups -OCH3 is 1. The molecule has 0 saturated carbocycles. The third-order valence-electron chi connectivity index (χ3n) is 3.69. The summed E-state index contributed by atoms with van der Waals surface area (Å²) in [5, 5.41) is 12.8. The van der Waals surface area contributed by atoms with Gasteiger partial charge in [-0.25, -0.2) is 4.79 Å². The third-order valence-corrected chi connectivity index (χ3v) is 4.87. The number of carboxylic acids is 1. The molecule has 122 valence electrons. The SMILES string of the molecule is COc1cccc(-c2cc(Nc3ccccc3C)c(C(=O)O)s2)c1. The molecule has 0 aliphatic carbocycles. The maximum atomic E-state index is 11.6.